The van der Waals surface area contributed by atoms with Crippen molar-refractivity contribution in [3.8, 4) is 5.75 Å². The lowest BCUT2D eigenvalue weighted by Gasteiger charge is -2.34. The van der Waals surface area contributed by atoms with Crippen molar-refractivity contribution in [1.29, 1.82) is 0 Å². The Morgan fingerprint density at radius 1 is 0.810 bits per heavy atom. The number of piperazine rings is 1. The van der Waals surface area contributed by atoms with Gasteiger partial charge in [-0.25, -0.2) is 4.79 Å². The lowest BCUT2D eigenvalue weighted by Crippen LogP contribution is -2.54. The van der Waals surface area contributed by atoms with E-state index < -0.39 is 41.2 Å². The first-order valence-corrected chi connectivity index (χ1v) is 19.2. The van der Waals surface area contributed by atoms with Gasteiger partial charge in [0.1, 0.15) is 22.9 Å². The maximum atomic E-state index is 13.2. The van der Waals surface area contributed by atoms with Crippen molar-refractivity contribution in [2.75, 3.05) is 104 Å². The van der Waals surface area contributed by atoms with E-state index in [1.165, 1.54) is 30.3 Å². The highest BCUT2D eigenvalue weighted by Gasteiger charge is 2.45. The molecule has 3 aliphatic heterocycles. The van der Waals surface area contributed by atoms with Gasteiger partial charge in [-0.1, -0.05) is 6.07 Å². The number of benzene rings is 2. The van der Waals surface area contributed by atoms with Crippen LogP contribution in [0.1, 0.15) is 43.9 Å². The number of carbonyl (C=O) groups is 6. The Balaban J connectivity index is 0.748. The van der Waals surface area contributed by atoms with Crippen LogP contribution in [0.3, 0.4) is 0 Å². The highest BCUT2D eigenvalue weighted by atomic mass is 16.5. The number of ether oxygens (including phenoxy) is 3. The van der Waals surface area contributed by atoms with Crippen LogP contribution in [0.4, 0.5) is 5.69 Å². The van der Waals surface area contributed by atoms with Crippen molar-refractivity contribution in [3.05, 3.63) is 69.6 Å². The number of aromatic hydroxyl groups is 1. The van der Waals surface area contributed by atoms with Gasteiger partial charge in [-0.15, -0.1) is 0 Å². The summed E-state index contributed by atoms with van der Waals surface area (Å²) in [6, 6.07) is 9.54. The van der Waals surface area contributed by atoms with Crippen LogP contribution in [-0.2, 0) is 28.6 Å². The molecule has 0 radical (unpaired) electrons. The number of phenolic OH excluding ortho intramolecular Hbond substituents is 1. The van der Waals surface area contributed by atoms with E-state index in [2.05, 4.69) is 31.1 Å². The minimum Gasteiger partial charge on any atom is -0.508 e. The number of anilines is 1. The van der Waals surface area contributed by atoms with E-state index >= 15 is 0 Å². The summed E-state index contributed by atoms with van der Waals surface area (Å²) in [6.07, 6.45) is 0.138. The molecule has 0 spiro atoms. The second kappa shape index (κ2) is 20.1. The molecule has 0 bridgehead atoms. The summed E-state index contributed by atoms with van der Waals surface area (Å²) in [5.74, 6) is -2.87. The number of carbonyl (C=O) groups excluding carboxylic acids is 6. The maximum absolute atomic E-state index is 13.2. The average molecular weight is 806 g/mol. The van der Waals surface area contributed by atoms with Crippen LogP contribution in [0.25, 0.3) is 11.0 Å². The molecule has 6 rings (SSSR count). The van der Waals surface area contributed by atoms with E-state index in [9.17, 15) is 38.7 Å². The molecule has 6 amide bonds. The molecule has 2 aromatic carbocycles. The Hall–Kier alpha value is -5.73. The zero-order chi connectivity index (χ0) is 41.0. The number of nitrogens with one attached hydrogen (secondary N) is 4. The van der Waals surface area contributed by atoms with Crippen molar-refractivity contribution in [2.24, 2.45) is 0 Å². The first-order chi connectivity index (χ1) is 28.1. The molecule has 0 aliphatic carbocycles. The number of amides is 6. The molecule has 5 N–H and O–H groups in total. The lowest BCUT2D eigenvalue weighted by atomic mass is 10.0. The molecule has 1 atom stereocenters. The number of imide groups is 2. The summed E-state index contributed by atoms with van der Waals surface area (Å²) in [4.78, 5) is 92.5. The van der Waals surface area contributed by atoms with Crippen molar-refractivity contribution in [2.45, 2.75) is 18.9 Å². The molecule has 19 nitrogen and oxygen atoms in total. The minimum atomic E-state index is -1.03. The molecule has 4 heterocycles. The Bertz CT molecular complexity index is 2070. The molecule has 0 saturated carbocycles. The Labute approximate surface area is 332 Å². The third-order valence-electron chi connectivity index (χ3n) is 9.85. The highest BCUT2D eigenvalue weighted by molar-refractivity contribution is 6.25. The van der Waals surface area contributed by atoms with Gasteiger partial charge in [0.05, 0.1) is 57.3 Å². The van der Waals surface area contributed by atoms with E-state index in [0.717, 1.165) is 18.0 Å². The standard InChI is InChI=1S/C39H47N7O12/c47-26-4-6-31-25(22-26)23-28(39(54)58-31)35(50)42-8-11-44-12-14-45(15-13-44)24-33(49)41-10-17-56-19-21-57-20-18-55-16-9-40-29-3-1-2-27-34(29)38(53)46(37(27)52)30-5-7-32(48)43-36(30)51/h1-4,6,22-23,30,40,47H,5,7-21,24H2,(H,41,49)(H,42,50)(H,43,48,51). The van der Waals surface area contributed by atoms with Crippen LogP contribution in [-0.4, -0.2) is 160 Å². The van der Waals surface area contributed by atoms with E-state index in [4.69, 9.17) is 18.6 Å². The Morgan fingerprint density at radius 2 is 1.52 bits per heavy atom. The molecule has 2 saturated heterocycles. The molecule has 58 heavy (non-hydrogen) atoms. The minimum absolute atomic E-state index is 0.00224. The average Bonchev–Trinajstić information content (AvgIpc) is 3.46. The van der Waals surface area contributed by atoms with Gasteiger partial charge in [-0.3, -0.25) is 48.8 Å². The van der Waals surface area contributed by atoms with Gasteiger partial charge in [0.15, 0.2) is 0 Å². The monoisotopic (exact) mass is 805 g/mol. The normalized spacial score (nSPS) is 17.4. The number of phenols is 1. The number of hydrogen-bond donors (Lipinski definition) is 5. The third kappa shape index (κ3) is 10.8. The molecular weight excluding hydrogens is 758 g/mol. The van der Waals surface area contributed by atoms with Gasteiger partial charge in [-0.05, 0) is 42.8 Å². The highest BCUT2D eigenvalue weighted by Crippen LogP contribution is 2.32. The summed E-state index contributed by atoms with van der Waals surface area (Å²) in [5, 5.41) is 21.0. The number of piperidine rings is 1. The van der Waals surface area contributed by atoms with Crippen LogP contribution < -0.4 is 26.9 Å². The van der Waals surface area contributed by atoms with Crippen LogP contribution >= 0.6 is 0 Å². The fraction of sp³-hybridized carbons (Fsp3) is 0.462. The topological polar surface area (TPSA) is 238 Å². The quantitative estimate of drug-likeness (QED) is 0.0551. The zero-order valence-corrected chi connectivity index (χ0v) is 31.9. The van der Waals surface area contributed by atoms with Crippen molar-refractivity contribution < 1.29 is 52.5 Å². The van der Waals surface area contributed by atoms with E-state index in [1.54, 1.807) is 12.1 Å². The van der Waals surface area contributed by atoms with Gasteiger partial charge in [0.25, 0.3) is 17.7 Å². The molecule has 3 aliphatic rings. The molecule has 19 heteroatoms. The summed E-state index contributed by atoms with van der Waals surface area (Å²) in [7, 11) is 0. The smallest absolute Gasteiger partial charge is 0.349 e. The lowest BCUT2D eigenvalue weighted by molar-refractivity contribution is -0.136. The van der Waals surface area contributed by atoms with Crippen LogP contribution in [0.5, 0.6) is 5.75 Å². The van der Waals surface area contributed by atoms with Crippen LogP contribution in [0.2, 0.25) is 0 Å². The fourth-order valence-electron chi connectivity index (χ4n) is 6.85. The fourth-order valence-corrected chi connectivity index (χ4v) is 6.85. The largest absolute Gasteiger partial charge is 0.508 e. The third-order valence-corrected chi connectivity index (χ3v) is 9.85. The van der Waals surface area contributed by atoms with Gasteiger partial charge >= 0.3 is 5.63 Å². The van der Waals surface area contributed by atoms with E-state index in [0.29, 0.717) is 90.0 Å². The van der Waals surface area contributed by atoms with E-state index in [-0.39, 0.29) is 53.3 Å². The van der Waals surface area contributed by atoms with Crippen molar-refractivity contribution in [1.82, 2.24) is 30.7 Å². The molecule has 1 aromatic heterocycles. The molecule has 310 valence electrons. The summed E-state index contributed by atoms with van der Waals surface area (Å²) in [5.41, 5.74) is 0.255. The second-order valence-electron chi connectivity index (χ2n) is 13.8. The molecule has 1 unspecified atom stereocenters. The first-order valence-electron chi connectivity index (χ1n) is 19.2. The number of hydrogen-bond acceptors (Lipinski definition) is 15. The summed E-state index contributed by atoms with van der Waals surface area (Å²) >= 11 is 0. The molecule has 3 aromatic rings. The Morgan fingerprint density at radius 3 is 2.26 bits per heavy atom. The van der Waals surface area contributed by atoms with Gasteiger partial charge in [0, 0.05) is 69.9 Å². The van der Waals surface area contributed by atoms with Gasteiger partial charge in [-0.2, -0.15) is 0 Å². The predicted octanol–water partition coefficient (Wildman–Crippen LogP) is -0.475. The van der Waals surface area contributed by atoms with Crippen molar-refractivity contribution in [3.63, 3.8) is 0 Å². The van der Waals surface area contributed by atoms with Crippen molar-refractivity contribution >= 4 is 52.1 Å². The SMILES string of the molecule is O=C(CN1CCN(CCNC(=O)c2cc3cc(O)ccc3oc2=O)CC1)NCCOCCOCCOCCNc1cccc2c1C(=O)N(C1CCC(=O)NC1=O)C2=O. The Kier molecular flexibility index (Phi) is 14.5. The summed E-state index contributed by atoms with van der Waals surface area (Å²) in [6.45, 7) is 6.75. The number of fused-ring (bicyclic) bond motifs is 2. The molecular formula is C39H47N7O12. The summed E-state index contributed by atoms with van der Waals surface area (Å²) < 4.78 is 21.9. The van der Waals surface area contributed by atoms with Crippen LogP contribution in [0, 0.1) is 0 Å². The van der Waals surface area contributed by atoms with Gasteiger partial charge < -0.3 is 39.7 Å². The number of nitrogens with zero attached hydrogens (tertiary/aromatic N) is 3. The van der Waals surface area contributed by atoms with Crippen LogP contribution in [0.15, 0.2) is 51.7 Å². The second-order valence-corrected chi connectivity index (χ2v) is 13.8. The zero-order valence-electron chi connectivity index (χ0n) is 31.9. The number of rotatable bonds is 20. The van der Waals surface area contributed by atoms with E-state index in [1.807, 2.05) is 0 Å². The first kappa shape index (κ1) is 41.9. The van der Waals surface area contributed by atoms with Gasteiger partial charge in [0.2, 0.25) is 17.7 Å². The molecule has 2 fully saturated rings. The maximum Gasteiger partial charge on any atom is 0.349 e. The predicted molar refractivity (Wildman–Crippen MR) is 206 cm³/mol.